The van der Waals surface area contributed by atoms with Gasteiger partial charge in [0.15, 0.2) is 5.54 Å². The zero-order chi connectivity index (χ0) is 19.6. The number of carbonyl (C=O) groups is 2. The van der Waals surface area contributed by atoms with E-state index in [0.717, 1.165) is 32.4 Å². The second-order valence-corrected chi connectivity index (χ2v) is 8.18. The largest absolute Gasteiger partial charge is 0.497 e. The predicted molar refractivity (Wildman–Crippen MR) is 110 cm³/mol. The van der Waals surface area contributed by atoms with E-state index in [4.69, 9.17) is 4.74 Å². The molecule has 1 N–H and O–H groups in total. The first kappa shape index (κ1) is 17.3. The lowest BCUT2D eigenvalue weighted by atomic mass is 9.87. The number of nitrogens with zero attached hydrogens (tertiary/aromatic N) is 2. The summed E-state index contributed by atoms with van der Waals surface area (Å²) in [6.07, 6.45) is 0.686. The van der Waals surface area contributed by atoms with Crippen molar-refractivity contribution < 1.29 is 14.3 Å². The van der Waals surface area contributed by atoms with Crippen LogP contribution in [0.2, 0.25) is 0 Å². The van der Waals surface area contributed by atoms with Crippen LogP contribution in [0.3, 0.4) is 0 Å². The summed E-state index contributed by atoms with van der Waals surface area (Å²) in [4.78, 5) is 33.0. The highest BCUT2D eigenvalue weighted by molar-refractivity contribution is 9.10. The molecule has 0 unspecified atom stereocenters. The maximum atomic E-state index is 13.5. The Kier molecular flexibility index (Phi) is 3.61. The Morgan fingerprint density at radius 3 is 2.61 bits per heavy atom. The molecule has 0 saturated carbocycles. The number of nitrogens with one attached hydrogen (secondary N) is 1. The molecular weight excluding hydrogens is 422 g/mol. The molecule has 3 aromatic rings. The Hall–Kier alpha value is -2.80. The molecule has 0 bridgehead atoms. The zero-order valence-corrected chi connectivity index (χ0v) is 17.0. The molecule has 3 amide bonds. The highest BCUT2D eigenvalue weighted by Crippen LogP contribution is 2.45. The topological polar surface area (TPSA) is 65.6 Å². The molecule has 6 nitrogen and oxygen atoms in total. The van der Waals surface area contributed by atoms with Crippen LogP contribution in [0.5, 0.6) is 5.75 Å². The quantitative estimate of drug-likeness (QED) is 0.609. The Morgan fingerprint density at radius 2 is 1.89 bits per heavy atom. The number of anilines is 1. The number of urea groups is 1. The van der Waals surface area contributed by atoms with Gasteiger partial charge in [0.1, 0.15) is 5.75 Å². The molecule has 5 rings (SSSR count). The van der Waals surface area contributed by atoms with Crippen molar-refractivity contribution in [3.63, 3.8) is 0 Å². The lowest BCUT2D eigenvalue weighted by Gasteiger charge is -2.35. The molecule has 7 heteroatoms. The van der Waals surface area contributed by atoms with E-state index in [-0.39, 0.29) is 11.9 Å². The summed E-state index contributed by atoms with van der Waals surface area (Å²) in [7, 11) is 1.64. The number of ether oxygens (including phenoxy) is 1. The van der Waals surface area contributed by atoms with Gasteiger partial charge in [-0.25, -0.2) is 9.69 Å². The average Bonchev–Trinajstić information content (AvgIpc) is 3.17. The Balaban J connectivity index is 1.67. The van der Waals surface area contributed by atoms with E-state index in [1.165, 1.54) is 4.90 Å². The molecule has 2 aliphatic rings. The van der Waals surface area contributed by atoms with Crippen LogP contribution in [0, 0.1) is 0 Å². The summed E-state index contributed by atoms with van der Waals surface area (Å²) in [5.74, 6) is 0.534. The molecule has 3 heterocycles. The Labute approximate surface area is 170 Å². The first-order chi connectivity index (χ1) is 13.4. The second-order valence-electron chi connectivity index (χ2n) is 7.26. The molecule has 1 saturated heterocycles. The molecule has 1 aromatic heterocycles. The van der Waals surface area contributed by atoms with Crippen molar-refractivity contribution in [2.45, 2.75) is 18.9 Å². The summed E-state index contributed by atoms with van der Waals surface area (Å²) >= 11 is 3.39. The summed E-state index contributed by atoms with van der Waals surface area (Å²) in [6, 6.07) is 12.8. The maximum absolute atomic E-state index is 13.5. The molecule has 0 spiro atoms. The summed E-state index contributed by atoms with van der Waals surface area (Å²) < 4.78 is 6.25. The van der Waals surface area contributed by atoms with Crippen molar-refractivity contribution in [2.24, 2.45) is 0 Å². The standard InChI is InChI=1S/C21H18BrN3O3/c1-21-18-15(16-11-14(28-2)7-8-17(16)23-18)9-10-24(21)20(27)25(19(21)26)13-5-3-12(22)4-6-13/h3-8,11,23H,9-10H2,1-2H3/t21-/m1/s1. The van der Waals surface area contributed by atoms with Crippen LogP contribution in [0.4, 0.5) is 10.5 Å². The summed E-state index contributed by atoms with van der Waals surface area (Å²) in [5, 5.41) is 1.04. The lowest BCUT2D eigenvalue weighted by molar-refractivity contribution is -0.125. The molecule has 142 valence electrons. The van der Waals surface area contributed by atoms with E-state index >= 15 is 0 Å². The number of aromatic amines is 1. The van der Waals surface area contributed by atoms with Crippen LogP contribution in [0.15, 0.2) is 46.9 Å². The summed E-state index contributed by atoms with van der Waals surface area (Å²) in [5.41, 5.74) is 2.33. The SMILES string of the molecule is COc1ccc2[nH]c3c(c2c1)CCN1C(=O)N(c2ccc(Br)cc2)C(=O)[C@@]31C. The van der Waals surface area contributed by atoms with Gasteiger partial charge in [0.2, 0.25) is 0 Å². The number of H-pyrrole nitrogens is 1. The van der Waals surface area contributed by atoms with Gasteiger partial charge in [-0.15, -0.1) is 0 Å². The van der Waals surface area contributed by atoms with Crippen molar-refractivity contribution in [1.29, 1.82) is 0 Å². The Morgan fingerprint density at radius 1 is 1.14 bits per heavy atom. The molecule has 1 atom stereocenters. The number of rotatable bonds is 2. The van der Waals surface area contributed by atoms with Gasteiger partial charge in [0.05, 0.1) is 18.5 Å². The number of carbonyl (C=O) groups excluding carboxylic acids is 2. The smallest absolute Gasteiger partial charge is 0.332 e. The summed E-state index contributed by atoms with van der Waals surface area (Å²) in [6.45, 7) is 2.32. The second kappa shape index (κ2) is 5.85. The fourth-order valence-corrected chi connectivity index (χ4v) is 4.63. The van der Waals surface area contributed by atoms with Gasteiger partial charge in [-0.3, -0.25) is 4.79 Å². The van der Waals surface area contributed by atoms with Crippen LogP contribution >= 0.6 is 15.9 Å². The van der Waals surface area contributed by atoms with Crippen LogP contribution in [-0.4, -0.2) is 35.5 Å². The van der Waals surface area contributed by atoms with Gasteiger partial charge < -0.3 is 14.6 Å². The minimum Gasteiger partial charge on any atom is -0.497 e. The van der Waals surface area contributed by atoms with Crippen LogP contribution in [0.25, 0.3) is 10.9 Å². The highest BCUT2D eigenvalue weighted by atomic mass is 79.9. The molecule has 0 aliphatic carbocycles. The third-order valence-electron chi connectivity index (χ3n) is 5.85. The zero-order valence-electron chi connectivity index (χ0n) is 15.5. The normalized spacial score (nSPS) is 21.2. The molecular formula is C21H18BrN3O3. The minimum atomic E-state index is -1.05. The number of hydrogen-bond donors (Lipinski definition) is 1. The third kappa shape index (κ3) is 2.13. The predicted octanol–water partition coefficient (Wildman–Crippen LogP) is 4.18. The number of hydrogen-bond acceptors (Lipinski definition) is 3. The fourth-order valence-electron chi connectivity index (χ4n) is 4.36. The number of imide groups is 1. The number of amides is 3. The number of benzene rings is 2. The van der Waals surface area contributed by atoms with Crippen molar-refractivity contribution in [3.8, 4) is 5.75 Å². The number of methoxy groups -OCH3 is 1. The Bertz CT molecular complexity index is 1140. The van der Waals surface area contributed by atoms with E-state index in [2.05, 4.69) is 20.9 Å². The molecule has 28 heavy (non-hydrogen) atoms. The first-order valence-electron chi connectivity index (χ1n) is 9.06. The monoisotopic (exact) mass is 439 g/mol. The number of halogens is 1. The number of fused-ring (bicyclic) bond motifs is 5. The van der Waals surface area contributed by atoms with E-state index in [1.807, 2.05) is 37.3 Å². The average molecular weight is 440 g/mol. The van der Waals surface area contributed by atoms with Crippen molar-refractivity contribution in [3.05, 3.63) is 58.2 Å². The molecule has 1 fully saturated rings. The van der Waals surface area contributed by atoms with Gasteiger partial charge in [-0.05, 0) is 61.4 Å². The van der Waals surface area contributed by atoms with Gasteiger partial charge in [-0.1, -0.05) is 15.9 Å². The van der Waals surface area contributed by atoms with Crippen LogP contribution < -0.4 is 9.64 Å². The fraction of sp³-hybridized carbons (Fsp3) is 0.238. The van der Waals surface area contributed by atoms with Gasteiger partial charge in [0, 0.05) is 21.9 Å². The van der Waals surface area contributed by atoms with Gasteiger partial charge in [-0.2, -0.15) is 0 Å². The van der Waals surface area contributed by atoms with E-state index in [0.29, 0.717) is 18.7 Å². The third-order valence-corrected chi connectivity index (χ3v) is 6.38. The number of aromatic nitrogens is 1. The minimum absolute atomic E-state index is 0.237. The van der Waals surface area contributed by atoms with E-state index < -0.39 is 5.54 Å². The molecule has 0 radical (unpaired) electrons. The van der Waals surface area contributed by atoms with Crippen LogP contribution in [-0.2, 0) is 16.8 Å². The molecule has 2 aromatic carbocycles. The van der Waals surface area contributed by atoms with E-state index in [1.54, 1.807) is 24.1 Å². The molecule has 2 aliphatic heterocycles. The van der Waals surface area contributed by atoms with Crippen molar-refractivity contribution in [2.75, 3.05) is 18.6 Å². The first-order valence-corrected chi connectivity index (χ1v) is 9.85. The van der Waals surface area contributed by atoms with Crippen molar-refractivity contribution in [1.82, 2.24) is 9.88 Å². The highest BCUT2D eigenvalue weighted by Gasteiger charge is 2.58. The van der Waals surface area contributed by atoms with Crippen LogP contribution in [0.1, 0.15) is 18.2 Å². The maximum Gasteiger partial charge on any atom is 0.332 e. The van der Waals surface area contributed by atoms with Gasteiger partial charge >= 0.3 is 6.03 Å². The van der Waals surface area contributed by atoms with E-state index in [9.17, 15) is 9.59 Å². The lowest BCUT2D eigenvalue weighted by Crippen LogP contribution is -2.49. The van der Waals surface area contributed by atoms with Gasteiger partial charge in [0.25, 0.3) is 5.91 Å². The van der Waals surface area contributed by atoms with Crippen molar-refractivity contribution >= 4 is 44.5 Å².